The van der Waals surface area contributed by atoms with E-state index in [-0.39, 0.29) is 0 Å². The first-order valence-electron chi connectivity index (χ1n) is 8.37. The summed E-state index contributed by atoms with van der Waals surface area (Å²) < 4.78 is 9.95. The van der Waals surface area contributed by atoms with Gasteiger partial charge in [0.1, 0.15) is 5.75 Å². The average Bonchev–Trinajstić information content (AvgIpc) is 2.82. The quantitative estimate of drug-likeness (QED) is 0.477. The van der Waals surface area contributed by atoms with Gasteiger partial charge in [-0.1, -0.05) is 12.1 Å². The van der Waals surface area contributed by atoms with Crippen LogP contribution in [0.5, 0.6) is 5.75 Å². The fraction of sp³-hybridized carbons (Fsp3) is 0.300. The lowest BCUT2D eigenvalue weighted by atomic mass is 9.78. The van der Waals surface area contributed by atoms with Crippen LogP contribution in [0.1, 0.15) is 17.0 Å². The molecule has 2 N–H and O–H groups in total. The van der Waals surface area contributed by atoms with Crippen LogP contribution >= 0.6 is 11.8 Å². The Morgan fingerprint density at radius 3 is 2.52 bits per heavy atom. The predicted molar refractivity (Wildman–Crippen MR) is 103 cm³/mol. The highest BCUT2D eigenvalue weighted by Crippen LogP contribution is 2.40. The van der Waals surface area contributed by atoms with Gasteiger partial charge < -0.3 is 19.9 Å². The Hall–Kier alpha value is -2.51. The third kappa shape index (κ3) is 3.40. The number of esters is 1. The van der Waals surface area contributed by atoms with E-state index in [1.54, 1.807) is 49.2 Å². The standard InChI is InChI=1S/C20H21NO5S/c1-25-14-6-4-12(5-7-14)16-11-13-10-15(27-3)8-9-17(13)21-18(22)20(16,24)19(23)26-2/h4-10,16,24H,11H2,1-3H3,(H,21,22). The van der Waals surface area contributed by atoms with Gasteiger partial charge in [-0.2, -0.15) is 0 Å². The zero-order valence-corrected chi connectivity index (χ0v) is 16.1. The van der Waals surface area contributed by atoms with Crippen molar-refractivity contribution in [2.45, 2.75) is 22.8 Å². The number of ether oxygens (including phenoxy) is 2. The number of hydrogen-bond acceptors (Lipinski definition) is 6. The highest BCUT2D eigenvalue weighted by Gasteiger charge is 2.54. The second-order valence-corrected chi connectivity index (χ2v) is 7.14. The summed E-state index contributed by atoms with van der Waals surface area (Å²) in [5, 5.41) is 13.9. The largest absolute Gasteiger partial charge is 0.497 e. The molecule has 2 unspecified atom stereocenters. The zero-order valence-electron chi connectivity index (χ0n) is 15.3. The van der Waals surface area contributed by atoms with E-state index in [1.807, 2.05) is 18.4 Å². The Bertz CT molecular complexity index is 867. The number of nitrogens with one attached hydrogen (secondary N) is 1. The molecule has 1 heterocycles. The maximum Gasteiger partial charge on any atom is 0.348 e. The first-order valence-corrected chi connectivity index (χ1v) is 9.59. The number of methoxy groups -OCH3 is 2. The lowest BCUT2D eigenvalue weighted by Crippen LogP contribution is -2.54. The molecule has 1 aliphatic heterocycles. The zero-order chi connectivity index (χ0) is 19.6. The second-order valence-electron chi connectivity index (χ2n) is 6.27. The lowest BCUT2D eigenvalue weighted by Gasteiger charge is -2.30. The van der Waals surface area contributed by atoms with Crippen LogP contribution in [0, 0.1) is 0 Å². The van der Waals surface area contributed by atoms with Gasteiger partial charge in [0.05, 0.1) is 14.2 Å². The molecule has 0 fully saturated rings. The van der Waals surface area contributed by atoms with Gasteiger partial charge in [0.15, 0.2) is 0 Å². The molecular formula is C20H21NO5S. The maximum absolute atomic E-state index is 12.9. The van der Waals surface area contributed by atoms with Gasteiger partial charge in [-0.15, -0.1) is 11.8 Å². The minimum Gasteiger partial charge on any atom is -0.497 e. The van der Waals surface area contributed by atoms with Crippen LogP contribution in [0.15, 0.2) is 47.4 Å². The van der Waals surface area contributed by atoms with Crippen molar-refractivity contribution < 1.29 is 24.2 Å². The van der Waals surface area contributed by atoms with Crippen molar-refractivity contribution in [3.05, 3.63) is 53.6 Å². The number of carbonyl (C=O) groups excluding carboxylic acids is 2. The number of benzene rings is 2. The van der Waals surface area contributed by atoms with E-state index in [4.69, 9.17) is 9.47 Å². The van der Waals surface area contributed by atoms with Crippen molar-refractivity contribution in [1.29, 1.82) is 0 Å². The fourth-order valence-electron chi connectivity index (χ4n) is 3.32. The Morgan fingerprint density at radius 2 is 1.93 bits per heavy atom. The van der Waals surface area contributed by atoms with Crippen molar-refractivity contribution in [3.8, 4) is 5.75 Å². The Balaban J connectivity index is 2.15. The smallest absolute Gasteiger partial charge is 0.348 e. The minimum atomic E-state index is -2.35. The Kier molecular flexibility index (Phi) is 5.43. The van der Waals surface area contributed by atoms with Crippen molar-refractivity contribution in [1.82, 2.24) is 0 Å². The number of fused-ring (bicyclic) bond motifs is 1. The average molecular weight is 387 g/mol. The molecule has 3 rings (SSSR count). The predicted octanol–water partition coefficient (Wildman–Crippen LogP) is 2.60. The van der Waals surface area contributed by atoms with Crippen molar-refractivity contribution in [2.75, 3.05) is 25.8 Å². The van der Waals surface area contributed by atoms with Gasteiger partial charge in [-0.05, 0) is 54.1 Å². The monoisotopic (exact) mass is 387 g/mol. The van der Waals surface area contributed by atoms with Crippen LogP contribution in [-0.2, 0) is 20.7 Å². The molecule has 2 atom stereocenters. The van der Waals surface area contributed by atoms with E-state index >= 15 is 0 Å². The van der Waals surface area contributed by atoms with Crippen molar-refractivity contribution in [3.63, 3.8) is 0 Å². The number of amides is 1. The van der Waals surface area contributed by atoms with E-state index in [1.165, 1.54) is 0 Å². The molecule has 142 valence electrons. The molecule has 2 aromatic rings. The summed E-state index contributed by atoms with van der Waals surface area (Å²) in [7, 11) is 2.71. The van der Waals surface area contributed by atoms with E-state index in [2.05, 4.69) is 5.32 Å². The molecule has 0 spiro atoms. The van der Waals surface area contributed by atoms with E-state index in [0.717, 1.165) is 17.6 Å². The van der Waals surface area contributed by atoms with Crippen molar-refractivity contribution >= 4 is 29.3 Å². The van der Waals surface area contributed by atoms with E-state index in [0.29, 0.717) is 23.4 Å². The second kappa shape index (κ2) is 7.62. The number of anilines is 1. The molecular weight excluding hydrogens is 366 g/mol. The molecule has 2 aromatic carbocycles. The van der Waals surface area contributed by atoms with Gasteiger partial charge >= 0.3 is 5.97 Å². The number of thioether (sulfide) groups is 1. The third-order valence-corrected chi connectivity index (χ3v) is 5.58. The third-order valence-electron chi connectivity index (χ3n) is 4.85. The molecule has 0 aliphatic carbocycles. The molecule has 7 heteroatoms. The molecule has 1 amide bonds. The molecule has 0 aromatic heterocycles. The summed E-state index contributed by atoms with van der Waals surface area (Å²) in [5.74, 6) is -1.96. The molecule has 0 bridgehead atoms. The summed E-state index contributed by atoms with van der Waals surface area (Å²) in [6.45, 7) is 0. The molecule has 1 aliphatic rings. The SMILES string of the molecule is COC(=O)C1(O)C(=O)Nc2ccc(SC)cc2CC1c1ccc(OC)cc1. The molecule has 0 saturated carbocycles. The summed E-state index contributed by atoms with van der Waals surface area (Å²) in [4.78, 5) is 26.4. The maximum atomic E-state index is 12.9. The summed E-state index contributed by atoms with van der Waals surface area (Å²) in [6.07, 6.45) is 2.25. The van der Waals surface area contributed by atoms with Crippen molar-refractivity contribution in [2.24, 2.45) is 0 Å². The first kappa shape index (κ1) is 19.3. The number of carbonyl (C=O) groups is 2. The number of aliphatic hydroxyl groups is 1. The molecule has 6 nitrogen and oxygen atoms in total. The first-order chi connectivity index (χ1) is 12.9. The summed E-state index contributed by atoms with van der Waals surface area (Å²) in [5.41, 5.74) is -0.282. The fourth-order valence-corrected chi connectivity index (χ4v) is 3.78. The van der Waals surface area contributed by atoms with Gasteiger partial charge in [0.2, 0.25) is 5.60 Å². The van der Waals surface area contributed by atoms with E-state index in [9.17, 15) is 14.7 Å². The number of hydrogen-bond donors (Lipinski definition) is 2. The van der Waals surface area contributed by atoms with Crippen LogP contribution in [0.4, 0.5) is 5.69 Å². The van der Waals surface area contributed by atoms with Crippen LogP contribution in [0.3, 0.4) is 0 Å². The normalized spacial score (nSPS) is 21.6. The minimum absolute atomic E-state index is 0.292. The van der Waals surface area contributed by atoms with Crippen LogP contribution in [0.2, 0.25) is 0 Å². The van der Waals surface area contributed by atoms with Crippen LogP contribution in [0.25, 0.3) is 0 Å². The molecule has 27 heavy (non-hydrogen) atoms. The van der Waals surface area contributed by atoms with Gasteiger partial charge in [-0.25, -0.2) is 4.79 Å². The highest BCUT2D eigenvalue weighted by atomic mass is 32.2. The Morgan fingerprint density at radius 1 is 1.22 bits per heavy atom. The van der Waals surface area contributed by atoms with E-state index < -0.39 is 23.4 Å². The lowest BCUT2D eigenvalue weighted by molar-refractivity contribution is -0.169. The topological polar surface area (TPSA) is 84.9 Å². The molecule has 0 radical (unpaired) electrons. The Labute approximate surface area is 161 Å². The highest BCUT2D eigenvalue weighted by molar-refractivity contribution is 7.98. The van der Waals surface area contributed by atoms with Crippen LogP contribution < -0.4 is 10.1 Å². The van der Waals surface area contributed by atoms with Gasteiger partial charge in [0, 0.05) is 16.5 Å². The van der Waals surface area contributed by atoms with Crippen LogP contribution in [-0.4, -0.2) is 43.1 Å². The van der Waals surface area contributed by atoms with Gasteiger partial charge in [-0.3, -0.25) is 4.79 Å². The number of rotatable bonds is 4. The molecule has 0 saturated heterocycles. The summed E-state index contributed by atoms with van der Waals surface area (Å²) in [6, 6.07) is 12.6. The summed E-state index contributed by atoms with van der Waals surface area (Å²) >= 11 is 1.58. The van der Waals surface area contributed by atoms with Gasteiger partial charge in [0.25, 0.3) is 5.91 Å².